The Morgan fingerprint density at radius 1 is 1.30 bits per heavy atom. The molecular formula is C19H21ClN4O2S. The molecule has 0 saturated carbocycles. The topological polar surface area (TPSA) is 73.0 Å². The van der Waals surface area contributed by atoms with E-state index in [1.54, 1.807) is 18.4 Å². The summed E-state index contributed by atoms with van der Waals surface area (Å²) in [5.41, 5.74) is 2.58. The summed E-state index contributed by atoms with van der Waals surface area (Å²) in [5.74, 6) is 1.63. The number of furan rings is 1. The van der Waals surface area contributed by atoms with E-state index in [4.69, 9.17) is 16.0 Å². The van der Waals surface area contributed by atoms with E-state index in [0.29, 0.717) is 15.9 Å². The van der Waals surface area contributed by atoms with E-state index in [1.807, 2.05) is 30.5 Å². The first kappa shape index (κ1) is 19.5. The van der Waals surface area contributed by atoms with Gasteiger partial charge in [-0.2, -0.15) is 0 Å². The number of hydrogen-bond acceptors (Lipinski definition) is 5. The normalized spacial score (nSPS) is 11.2. The summed E-state index contributed by atoms with van der Waals surface area (Å²) in [6.07, 6.45) is 1.64. The van der Waals surface area contributed by atoms with Gasteiger partial charge in [0.2, 0.25) is 5.91 Å². The standard InChI is InChI=1S/C19H21ClN4O2S/c1-11(2)24-18(15-7-8-26-13(15)4)22-23-19(24)27-10-17(25)21-16-9-14(20)6-5-12(16)3/h5-9,11H,10H2,1-4H3,(H,21,25). The van der Waals surface area contributed by atoms with Crippen LogP contribution in [0.3, 0.4) is 0 Å². The van der Waals surface area contributed by atoms with Crippen LogP contribution in [0.15, 0.2) is 40.1 Å². The van der Waals surface area contributed by atoms with Crippen molar-refractivity contribution in [2.24, 2.45) is 0 Å². The van der Waals surface area contributed by atoms with Crippen molar-refractivity contribution in [3.8, 4) is 11.4 Å². The van der Waals surface area contributed by atoms with Gasteiger partial charge < -0.3 is 9.73 Å². The molecule has 27 heavy (non-hydrogen) atoms. The van der Waals surface area contributed by atoms with Crippen molar-refractivity contribution in [3.63, 3.8) is 0 Å². The van der Waals surface area contributed by atoms with Gasteiger partial charge >= 0.3 is 0 Å². The molecule has 0 aliphatic rings. The second-order valence-electron chi connectivity index (χ2n) is 6.46. The second-order valence-corrected chi connectivity index (χ2v) is 7.84. The predicted molar refractivity (Wildman–Crippen MR) is 108 cm³/mol. The van der Waals surface area contributed by atoms with Crippen LogP contribution in [0.25, 0.3) is 11.4 Å². The molecule has 0 aliphatic carbocycles. The number of amides is 1. The number of benzene rings is 1. The number of halogens is 1. The first-order valence-corrected chi connectivity index (χ1v) is 9.91. The maximum Gasteiger partial charge on any atom is 0.234 e. The van der Waals surface area contributed by atoms with Crippen LogP contribution in [0, 0.1) is 13.8 Å². The molecule has 142 valence electrons. The Morgan fingerprint density at radius 3 is 2.74 bits per heavy atom. The van der Waals surface area contributed by atoms with E-state index in [1.165, 1.54) is 11.8 Å². The molecule has 8 heteroatoms. The zero-order valence-electron chi connectivity index (χ0n) is 15.6. The molecule has 0 aliphatic heterocycles. The lowest BCUT2D eigenvalue weighted by atomic mass is 10.2. The number of carbonyl (C=O) groups excluding carboxylic acids is 1. The molecule has 1 amide bonds. The molecule has 2 heterocycles. The van der Waals surface area contributed by atoms with E-state index in [0.717, 1.165) is 22.7 Å². The summed E-state index contributed by atoms with van der Waals surface area (Å²) >= 11 is 7.36. The van der Waals surface area contributed by atoms with Crippen molar-refractivity contribution in [2.45, 2.75) is 38.9 Å². The van der Waals surface area contributed by atoms with Crippen LogP contribution in [-0.2, 0) is 4.79 Å². The number of hydrogen-bond donors (Lipinski definition) is 1. The molecule has 0 unspecified atom stereocenters. The third kappa shape index (κ3) is 4.36. The molecule has 0 fully saturated rings. The molecule has 6 nitrogen and oxygen atoms in total. The van der Waals surface area contributed by atoms with Crippen LogP contribution >= 0.6 is 23.4 Å². The highest BCUT2D eigenvalue weighted by atomic mass is 35.5. The number of aryl methyl sites for hydroxylation is 2. The Hall–Kier alpha value is -2.25. The first-order chi connectivity index (χ1) is 12.9. The van der Waals surface area contributed by atoms with Crippen LogP contribution in [0.2, 0.25) is 5.02 Å². The lowest BCUT2D eigenvalue weighted by Gasteiger charge is -2.13. The third-order valence-electron chi connectivity index (χ3n) is 4.09. The molecule has 2 aromatic heterocycles. The fourth-order valence-corrected chi connectivity index (χ4v) is 3.73. The molecule has 3 aromatic rings. The van der Waals surface area contributed by atoms with E-state index in [9.17, 15) is 4.79 Å². The quantitative estimate of drug-likeness (QED) is 0.577. The Morgan fingerprint density at radius 2 is 2.07 bits per heavy atom. The third-order valence-corrected chi connectivity index (χ3v) is 5.26. The van der Waals surface area contributed by atoms with Gasteiger partial charge in [-0.15, -0.1) is 10.2 Å². The zero-order chi connectivity index (χ0) is 19.6. The molecule has 1 aromatic carbocycles. The summed E-state index contributed by atoms with van der Waals surface area (Å²) in [6, 6.07) is 7.44. The number of carbonyl (C=O) groups is 1. The minimum absolute atomic E-state index is 0.121. The maximum absolute atomic E-state index is 12.4. The van der Waals surface area contributed by atoms with E-state index in [-0.39, 0.29) is 17.7 Å². The summed E-state index contributed by atoms with van der Waals surface area (Å²) in [6.45, 7) is 7.93. The van der Waals surface area contributed by atoms with Gasteiger partial charge in [0.25, 0.3) is 0 Å². The Labute approximate surface area is 167 Å². The van der Waals surface area contributed by atoms with Crippen molar-refractivity contribution >= 4 is 35.0 Å². The van der Waals surface area contributed by atoms with Crippen LogP contribution in [-0.4, -0.2) is 26.4 Å². The van der Waals surface area contributed by atoms with Gasteiger partial charge in [0.05, 0.1) is 17.6 Å². The lowest BCUT2D eigenvalue weighted by Crippen LogP contribution is -2.15. The largest absolute Gasteiger partial charge is 0.469 e. The number of nitrogens with zero attached hydrogens (tertiary/aromatic N) is 3. The van der Waals surface area contributed by atoms with Crippen molar-refractivity contribution in [2.75, 3.05) is 11.1 Å². The maximum atomic E-state index is 12.4. The molecule has 0 saturated heterocycles. The lowest BCUT2D eigenvalue weighted by molar-refractivity contribution is -0.113. The molecule has 1 N–H and O–H groups in total. The fraction of sp³-hybridized carbons (Fsp3) is 0.316. The van der Waals surface area contributed by atoms with Crippen molar-refractivity contribution < 1.29 is 9.21 Å². The van der Waals surface area contributed by atoms with Crippen molar-refractivity contribution in [1.29, 1.82) is 0 Å². The highest BCUT2D eigenvalue weighted by Gasteiger charge is 2.20. The summed E-state index contributed by atoms with van der Waals surface area (Å²) in [4.78, 5) is 12.4. The average molecular weight is 405 g/mol. The van der Waals surface area contributed by atoms with Gasteiger partial charge in [-0.05, 0) is 51.5 Å². The Balaban J connectivity index is 1.74. The number of aromatic nitrogens is 3. The minimum atomic E-state index is -0.121. The second kappa shape index (κ2) is 8.19. The summed E-state index contributed by atoms with van der Waals surface area (Å²) in [7, 11) is 0. The van der Waals surface area contributed by atoms with E-state index >= 15 is 0 Å². The molecule has 3 rings (SSSR count). The Kier molecular flexibility index (Phi) is 5.92. The minimum Gasteiger partial charge on any atom is -0.469 e. The van der Waals surface area contributed by atoms with Crippen LogP contribution in [0.1, 0.15) is 31.2 Å². The van der Waals surface area contributed by atoms with Gasteiger partial charge in [-0.1, -0.05) is 29.4 Å². The van der Waals surface area contributed by atoms with Crippen LogP contribution < -0.4 is 5.32 Å². The molecule has 0 bridgehead atoms. The number of anilines is 1. The predicted octanol–water partition coefficient (Wildman–Crippen LogP) is 5.12. The van der Waals surface area contributed by atoms with E-state index in [2.05, 4.69) is 29.4 Å². The zero-order valence-corrected chi connectivity index (χ0v) is 17.2. The van der Waals surface area contributed by atoms with Gasteiger partial charge in [0, 0.05) is 16.8 Å². The molecule has 0 spiro atoms. The molecule has 0 radical (unpaired) electrons. The van der Waals surface area contributed by atoms with Crippen molar-refractivity contribution in [3.05, 3.63) is 46.9 Å². The molecule has 0 atom stereocenters. The monoisotopic (exact) mass is 404 g/mol. The number of nitrogens with one attached hydrogen (secondary N) is 1. The summed E-state index contributed by atoms with van der Waals surface area (Å²) < 4.78 is 7.40. The van der Waals surface area contributed by atoms with Crippen LogP contribution in [0.5, 0.6) is 0 Å². The van der Waals surface area contributed by atoms with Crippen LogP contribution in [0.4, 0.5) is 5.69 Å². The summed E-state index contributed by atoms with van der Waals surface area (Å²) in [5, 5.41) is 12.8. The highest BCUT2D eigenvalue weighted by Crippen LogP contribution is 2.30. The number of rotatable bonds is 6. The Bertz CT molecular complexity index is 965. The smallest absolute Gasteiger partial charge is 0.234 e. The first-order valence-electron chi connectivity index (χ1n) is 8.55. The van der Waals surface area contributed by atoms with Gasteiger partial charge in [0.15, 0.2) is 11.0 Å². The van der Waals surface area contributed by atoms with Gasteiger partial charge in [0.1, 0.15) is 5.76 Å². The van der Waals surface area contributed by atoms with Crippen molar-refractivity contribution in [1.82, 2.24) is 14.8 Å². The van der Waals surface area contributed by atoms with E-state index < -0.39 is 0 Å². The van der Waals surface area contributed by atoms with Gasteiger partial charge in [-0.25, -0.2) is 0 Å². The molecular weight excluding hydrogens is 384 g/mol. The average Bonchev–Trinajstić information content (AvgIpc) is 3.22. The highest BCUT2D eigenvalue weighted by molar-refractivity contribution is 7.99. The SMILES string of the molecule is Cc1ccc(Cl)cc1NC(=O)CSc1nnc(-c2ccoc2C)n1C(C)C. The van der Waals surface area contributed by atoms with Gasteiger partial charge in [-0.3, -0.25) is 9.36 Å². The number of thioether (sulfide) groups is 1. The fourth-order valence-electron chi connectivity index (χ4n) is 2.69.